The van der Waals surface area contributed by atoms with Crippen molar-refractivity contribution in [3.05, 3.63) is 23.0 Å². The highest BCUT2D eigenvalue weighted by Crippen LogP contribution is 2.40. The maximum absolute atomic E-state index is 13.8. The Morgan fingerprint density at radius 2 is 2.12 bits per heavy atom. The summed E-state index contributed by atoms with van der Waals surface area (Å²) >= 11 is 0. The molecule has 0 aromatic carbocycles. The monoisotopic (exact) mass is 236 g/mol. The number of aromatic nitrogens is 1. The Balaban J connectivity index is 1.74. The minimum Gasteiger partial charge on any atom is -0.362 e. The topological polar surface area (TPSA) is 27.8 Å². The molecule has 1 aromatic rings. The molecule has 0 spiro atoms. The van der Waals surface area contributed by atoms with Gasteiger partial charge >= 0.3 is 0 Å². The molecule has 1 aromatic heterocycles. The molecular formula is C14H21FN2. The van der Waals surface area contributed by atoms with Crippen LogP contribution in [0.3, 0.4) is 0 Å². The van der Waals surface area contributed by atoms with Gasteiger partial charge in [0.1, 0.15) is 5.67 Å². The maximum Gasteiger partial charge on any atom is 0.108 e. The van der Waals surface area contributed by atoms with Crippen LogP contribution in [0.4, 0.5) is 4.39 Å². The van der Waals surface area contributed by atoms with Gasteiger partial charge in [-0.05, 0) is 50.2 Å². The first-order valence-corrected chi connectivity index (χ1v) is 6.74. The molecule has 0 radical (unpaired) electrons. The Kier molecular flexibility index (Phi) is 2.74. The molecular weight excluding hydrogens is 215 g/mol. The van der Waals surface area contributed by atoms with Crippen LogP contribution in [0.1, 0.15) is 55.5 Å². The standard InChI is InChI=1S/C14H21FN2/c1-14(15)5-2-10(3-6-14)13-8-11-9-16-7-4-12(11)17-13/h8,10,16-17H,2-7,9H2,1H3. The van der Waals surface area contributed by atoms with Crippen molar-refractivity contribution in [2.24, 2.45) is 0 Å². The van der Waals surface area contributed by atoms with Crippen LogP contribution >= 0.6 is 0 Å². The minimum absolute atomic E-state index is 0.546. The smallest absolute Gasteiger partial charge is 0.108 e. The first-order valence-electron chi connectivity index (χ1n) is 6.74. The van der Waals surface area contributed by atoms with Crippen LogP contribution in [0, 0.1) is 0 Å². The second kappa shape index (κ2) is 4.13. The van der Waals surface area contributed by atoms with Gasteiger partial charge in [0.2, 0.25) is 0 Å². The maximum atomic E-state index is 13.8. The highest BCUT2D eigenvalue weighted by atomic mass is 19.1. The Hall–Kier alpha value is -0.830. The van der Waals surface area contributed by atoms with E-state index in [9.17, 15) is 4.39 Å². The van der Waals surface area contributed by atoms with Crippen LogP contribution in [0.25, 0.3) is 0 Å². The fourth-order valence-electron chi connectivity index (χ4n) is 3.13. The highest BCUT2D eigenvalue weighted by molar-refractivity contribution is 5.30. The van der Waals surface area contributed by atoms with Gasteiger partial charge in [-0.2, -0.15) is 0 Å². The van der Waals surface area contributed by atoms with E-state index in [-0.39, 0.29) is 0 Å². The van der Waals surface area contributed by atoms with E-state index in [1.165, 1.54) is 17.0 Å². The average Bonchev–Trinajstić information content (AvgIpc) is 2.72. The Morgan fingerprint density at radius 1 is 1.35 bits per heavy atom. The number of halogens is 1. The van der Waals surface area contributed by atoms with Crippen molar-refractivity contribution in [3.8, 4) is 0 Å². The van der Waals surface area contributed by atoms with Crippen molar-refractivity contribution in [2.45, 2.75) is 57.2 Å². The second-order valence-electron chi connectivity index (χ2n) is 5.84. The molecule has 3 rings (SSSR count). The van der Waals surface area contributed by atoms with E-state index in [4.69, 9.17) is 0 Å². The lowest BCUT2D eigenvalue weighted by atomic mass is 9.79. The lowest BCUT2D eigenvalue weighted by Crippen LogP contribution is -2.25. The average molecular weight is 236 g/mol. The fraction of sp³-hybridized carbons (Fsp3) is 0.714. The van der Waals surface area contributed by atoms with E-state index in [1.54, 1.807) is 6.92 Å². The Morgan fingerprint density at radius 3 is 2.82 bits per heavy atom. The number of fused-ring (bicyclic) bond motifs is 1. The summed E-state index contributed by atoms with van der Waals surface area (Å²) in [5, 5.41) is 3.39. The van der Waals surface area contributed by atoms with E-state index in [2.05, 4.69) is 16.4 Å². The molecule has 1 saturated carbocycles. The third-order valence-corrected chi connectivity index (χ3v) is 4.35. The lowest BCUT2D eigenvalue weighted by Gasteiger charge is -2.30. The molecule has 2 nitrogen and oxygen atoms in total. The van der Waals surface area contributed by atoms with Gasteiger partial charge < -0.3 is 10.3 Å². The summed E-state index contributed by atoms with van der Waals surface area (Å²) in [6.07, 6.45) is 4.49. The number of aromatic amines is 1. The van der Waals surface area contributed by atoms with Gasteiger partial charge in [0, 0.05) is 30.9 Å². The van der Waals surface area contributed by atoms with Crippen LogP contribution < -0.4 is 5.32 Å². The quantitative estimate of drug-likeness (QED) is 0.770. The molecule has 1 fully saturated rings. The summed E-state index contributed by atoms with van der Waals surface area (Å²) in [6.45, 7) is 3.80. The number of hydrogen-bond donors (Lipinski definition) is 2. The summed E-state index contributed by atoms with van der Waals surface area (Å²) in [5.41, 5.74) is 3.23. The summed E-state index contributed by atoms with van der Waals surface area (Å²) in [6, 6.07) is 2.30. The third kappa shape index (κ3) is 2.25. The Bertz CT molecular complexity index is 375. The van der Waals surface area contributed by atoms with E-state index < -0.39 is 5.67 Å². The molecule has 0 saturated heterocycles. The van der Waals surface area contributed by atoms with Crippen molar-refractivity contribution < 1.29 is 4.39 Å². The van der Waals surface area contributed by atoms with Crippen LogP contribution in [0.15, 0.2) is 6.07 Å². The van der Waals surface area contributed by atoms with E-state index in [0.717, 1.165) is 32.4 Å². The molecule has 2 heterocycles. The molecule has 1 aliphatic carbocycles. The van der Waals surface area contributed by atoms with Gasteiger partial charge in [-0.3, -0.25) is 0 Å². The van der Waals surface area contributed by atoms with E-state index in [0.29, 0.717) is 18.8 Å². The molecule has 94 valence electrons. The van der Waals surface area contributed by atoms with Gasteiger partial charge in [-0.25, -0.2) is 4.39 Å². The first-order chi connectivity index (χ1) is 8.14. The Labute approximate surface area is 102 Å². The summed E-state index contributed by atoms with van der Waals surface area (Å²) in [4.78, 5) is 3.57. The van der Waals surface area contributed by atoms with Gasteiger partial charge in [0.15, 0.2) is 0 Å². The van der Waals surface area contributed by atoms with Crippen LogP contribution in [0.5, 0.6) is 0 Å². The molecule has 17 heavy (non-hydrogen) atoms. The normalized spacial score (nSPS) is 33.4. The molecule has 0 bridgehead atoms. The van der Waals surface area contributed by atoms with Crippen LogP contribution in [-0.2, 0) is 13.0 Å². The van der Waals surface area contributed by atoms with Crippen molar-refractivity contribution in [1.82, 2.24) is 10.3 Å². The number of hydrogen-bond acceptors (Lipinski definition) is 1. The van der Waals surface area contributed by atoms with E-state index in [1.807, 2.05) is 0 Å². The molecule has 3 heteroatoms. The second-order valence-corrected chi connectivity index (χ2v) is 5.84. The largest absolute Gasteiger partial charge is 0.362 e. The molecule has 2 aliphatic rings. The van der Waals surface area contributed by atoms with Gasteiger partial charge in [-0.15, -0.1) is 0 Å². The molecule has 1 aliphatic heterocycles. The van der Waals surface area contributed by atoms with Gasteiger partial charge in [0.25, 0.3) is 0 Å². The van der Waals surface area contributed by atoms with Gasteiger partial charge in [-0.1, -0.05) is 0 Å². The predicted molar refractivity (Wildman–Crippen MR) is 66.9 cm³/mol. The summed E-state index contributed by atoms with van der Waals surface area (Å²) < 4.78 is 13.8. The fourth-order valence-corrected chi connectivity index (χ4v) is 3.13. The lowest BCUT2D eigenvalue weighted by molar-refractivity contribution is 0.119. The van der Waals surface area contributed by atoms with Crippen molar-refractivity contribution in [3.63, 3.8) is 0 Å². The number of nitrogens with one attached hydrogen (secondary N) is 2. The number of alkyl halides is 1. The first kappa shape index (κ1) is 11.3. The SMILES string of the molecule is CC1(F)CCC(c2cc3c([nH]2)CCNC3)CC1. The van der Waals surface area contributed by atoms with Crippen molar-refractivity contribution in [1.29, 1.82) is 0 Å². The van der Waals surface area contributed by atoms with Gasteiger partial charge in [0.05, 0.1) is 0 Å². The minimum atomic E-state index is -0.926. The highest BCUT2D eigenvalue weighted by Gasteiger charge is 2.32. The third-order valence-electron chi connectivity index (χ3n) is 4.35. The zero-order valence-electron chi connectivity index (χ0n) is 10.5. The molecule has 0 unspecified atom stereocenters. The van der Waals surface area contributed by atoms with Crippen molar-refractivity contribution in [2.75, 3.05) is 6.54 Å². The zero-order valence-corrected chi connectivity index (χ0v) is 10.5. The summed E-state index contributed by atoms with van der Waals surface area (Å²) in [5.74, 6) is 0.546. The molecule has 0 atom stereocenters. The zero-order chi connectivity index (χ0) is 11.9. The van der Waals surface area contributed by atoms with Crippen molar-refractivity contribution >= 4 is 0 Å². The van der Waals surface area contributed by atoms with Crippen LogP contribution in [0.2, 0.25) is 0 Å². The predicted octanol–water partition coefficient (Wildman–Crippen LogP) is 3.05. The van der Waals surface area contributed by atoms with Crippen LogP contribution in [-0.4, -0.2) is 17.2 Å². The molecule has 2 N–H and O–H groups in total. The van der Waals surface area contributed by atoms with E-state index >= 15 is 0 Å². The number of H-pyrrole nitrogens is 1. The molecule has 0 amide bonds. The number of rotatable bonds is 1. The summed E-state index contributed by atoms with van der Waals surface area (Å²) in [7, 11) is 0.